The summed E-state index contributed by atoms with van der Waals surface area (Å²) >= 11 is 0. The molecule has 0 bridgehead atoms. The maximum Gasteiger partial charge on any atom is 0.304 e. The van der Waals surface area contributed by atoms with Crippen LogP contribution in [0.1, 0.15) is 18.9 Å². The van der Waals surface area contributed by atoms with Crippen LogP contribution in [0.2, 0.25) is 0 Å². The van der Waals surface area contributed by atoms with Crippen molar-refractivity contribution in [3.8, 4) is 5.75 Å². The second kappa shape index (κ2) is 7.94. The van der Waals surface area contributed by atoms with Gasteiger partial charge in [0.25, 0.3) is 0 Å². The molecular weight excluding hydrogens is 356 g/mol. The summed E-state index contributed by atoms with van der Waals surface area (Å²) in [6, 6.07) is 7.61. The quantitative estimate of drug-likeness (QED) is 0.748. The van der Waals surface area contributed by atoms with E-state index in [1.54, 1.807) is 0 Å². The topological polar surface area (TPSA) is 87.2 Å². The van der Waals surface area contributed by atoms with Crippen molar-refractivity contribution in [2.75, 3.05) is 37.7 Å². The number of nitrogens with zero attached hydrogens (tertiary/aromatic N) is 2. The number of sulfone groups is 1. The highest BCUT2D eigenvalue weighted by atomic mass is 32.2. The first kappa shape index (κ1) is 19.1. The van der Waals surface area contributed by atoms with E-state index in [1.165, 1.54) is 0 Å². The van der Waals surface area contributed by atoms with Gasteiger partial charge in [0.2, 0.25) is 0 Å². The highest BCUT2D eigenvalue weighted by molar-refractivity contribution is 7.91. The van der Waals surface area contributed by atoms with E-state index in [0.717, 1.165) is 17.9 Å². The molecule has 1 N–H and O–H groups in total. The Morgan fingerprint density at radius 3 is 2.54 bits per heavy atom. The molecule has 0 saturated carbocycles. The molecule has 0 amide bonds. The van der Waals surface area contributed by atoms with Crippen molar-refractivity contribution in [3.05, 3.63) is 29.8 Å². The number of piperazine rings is 1. The number of rotatable bonds is 7. The molecule has 0 aliphatic carbocycles. The molecule has 0 spiro atoms. The van der Waals surface area contributed by atoms with Crippen LogP contribution in [0.5, 0.6) is 5.75 Å². The van der Waals surface area contributed by atoms with Gasteiger partial charge in [-0.25, -0.2) is 8.42 Å². The van der Waals surface area contributed by atoms with Crippen LogP contribution < -0.4 is 4.74 Å². The third-order valence-corrected chi connectivity index (χ3v) is 6.86. The molecule has 2 saturated heterocycles. The van der Waals surface area contributed by atoms with Crippen molar-refractivity contribution in [1.29, 1.82) is 0 Å². The Kier molecular flexibility index (Phi) is 5.84. The van der Waals surface area contributed by atoms with Gasteiger partial charge in [0, 0.05) is 43.8 Å². The van der Waals surface area contributed by atoms with Gasteiger partial charge >= 0.3 is 5.97 Å². The lowest BCUT2D eigenvalue weighted by Gasteiger charge is -2.44. The minimum absolute atomic E-state index is 0.0381. The fraction of sp³-hybridized carbons (Fsp3) is 0.611. The third-order valence-electron chi connectivity index (χ3n) is 5.16. The molecule has 2 aliphatic heterocycles. The molecule has 0 unspecified atom stereocenters. The number of para-hydroxylation sites is 1. The summed E-state index contributed by atoms with van der Waals surface area (Å²) in [4.78, 5) is 15.1. The van der Waals surface area contributed by atoms with Crippen molar-refractivity contribution in [3.63, 3.8) is 0 Å². The Bertz CT molecular complexity index is 752. The Balaban J connectivity index is 1.77. The minimum Gasteiger partial charge on any atom is -0.494 e. The van der Waals surface area contributed by atoms with E-state index >= 15 is 0 Å². The number of ether oxygens (including phenoxy) is 1. The second-order valence-electron chi connectivity index (χ2n) is 6.90. The summed E-state index contributed by atoms with van der Waals surface area (Å²) in [5.41, 5.74) is 1.05. The van der Waals surface area contributed by atoms with Gasteiger partial charge in [-0.1, -0.05) is 18.2 Å². The third kappa shape index (κ3) is 4.36. The number of hydrogen-bond donors (Lipinski definition) is 1. The Labute approximate surface area is 154 Å². The highest BCUT2D eigenvalue weighted by Gasteiger charge is 2.46. The van der Waals surface area contributed by atoms with Crippen molar-refractivity contribution < 1.29 is 23.1 Å². The number of aliphatic carboxylic acids is 1. The predicted molar refractivity (Wildman–Crippen MR) is 98.1 cm³/mol. The van der Waals surface area contributed by atoms with Crippen LogP contribution >= 0.6 is 0 Å². The molecule has 26 heavy (non-hydrogen) atoms. The molecular formula is C18H26N2O5S. The lowest BCUT2D eigenvalue weighted by molar-refractivity contribution is -0.137. The van der Waals surface area contributed by atoms with Crippen molar-refractivity contribution in [2.24, 2.45) is 0 Å². The maximum absolute atomic E-state index is 12.3. The lowest BCUT2D eigenvalue weighted by Crippen LogP contribution is -2.58. The average molecular weight is 382 g/mol. The summed E-state index contributed by atoms with van der Waals surface area (Å²) < 4.78 is 30.2. The first-order valence-electron chi connectivity index (χ1n) is 9.00. The molecule has 2 aliphatic rings. The Morgan fingerprint density at radius 2 is 1.85 bits per heavy atom. The van der Waals surface area contributed by atoms with Crippen molar-refractivity contribution in [2.45, 2.75) is 32.0 Å². The number of carbonyl (C=O) groups is 1. The predicted octanol–water partition coefficient (Wildman–Crippen LogP) is 0.843. The fourth-order valence-electron chi connectivity index (χ4n) is 3.96. The normalized spacial score (nSPS) is 25.7. The molecule has 144 valence electrons. The number of carboxylic acids is 1. The minimum atomic E-state index is -3.11. The van der Waals surface area contributed by atoms with Gasteiger partial charge in [0.15, 0.2) is 9.84 Å². The van der Waals surface area contributed by atoms with E-state index in [1.807, 2.05) is 36.1 Å². The average Bonchev–Trinajstić information content (AvgIpc) is 2.91. The standard InChI is InChI=1S/C18H26N2O5S/c1-2-25-17-6-4-3-5-14(17)11-20-10-9-19(8-7-18(21)22)15-12-26(23,24)13-16(15)20/h3-6,15-16H,2,7-13H2,1H3,(H,21,22)/t15-,16+/m1/s1. The van der Waals surface area contributed by atoms with Gasteiger partial charge in [-0.3, -0.25) is 14.6 Å². The molecule has 0 aromatic heterocycles. The van der Waals surface area contributed by atoms with Gasteiger partial charge in [-0.05, 0) is 13.0 Å². The van der Waals surface area contributed by atoms with Crippen LogP contribution in [0.3, 0.4) is 0 Å². The summed E-state index contributed by atoms with van der Waals surface area (Å²) in [5.74, 6) is 0.232. The first-order valence-corrected chi connectivity index (χ1v) is 10.8. The van der Waals surface area contributed by atoms with Crippen molar-refractivity contribution >= 4 is 15.8 Å². The van der Waals surface area contributed by atoms with E-state index in [0.29, 0.717) is 26.2 Å². The first-order chi connectivity index (χ1) is 12.4. The van der Waals surface area contributed by atoms with Gasteiger partial charge in [-0.15, -0.1) is 0 Å². The van der Waals surface area contributed by atoms with Crippen LogP contribution in [-0.2, 0) is 21.2 Å². The molecule has 3 rings (SSSR count). The summed E-state index contributed by atoms with van der Waals surface area (Å²) in [5, 5.41) is 8.95. The molecule has 2 fully saturated rings. The summed E-state index contributed by atoms with van der Waals surface area (Å²) in [6.45, 7) is 4.96. The smallest absolute Gasteiger partial charge is 0.304 e. The van der Waals surface area contributed by atoms with Gasteiger partial charge < -0.3 is 9.84 Å². The summed E-state index contributed by atoms with van der Waals surface area (Å²) in [7, 11) is -3.11. The zero-order chi connectivity index (χ0) is 18.7. The zero-order valence-electron chi connectivity index (χ0n) is 15.0. The monoisotopic (exact) mass is 382 g/mol. The largest absolute Gasteiger partial charge is 0.494 e. The fourth-order valence-corrected chi connectivity index (χ4v) is 6.00. The van der Waals surface area contributed by atoms with Crippen LogP contribution in [0.25, 0.3) is 0 Å². The van der Waals surface area contributed by atoms with Crippen LogP contribution in [0, 0.1) is 0 Å². The molecule has 2 atom stereocenters. The molecule has 2 heterocycles. The maximum atomic E-state index is 12.3. The summed E-state index contributed by atoms with van der Waals surface area (Å²) in [6.07, 6.45) is 0.0381. The van der Waals surface area contributed by atoms with E-state index in [-0.39, 0.29) is 30.0 Å². The van der Waals surface area contributed by atoms with E-state index in [9.17, 15) is 13.2 Å². The Morgan fingerprint density at radius 1 is 1.19 bits per heavy atom. The van der Waals surface area contributed by atoms with Gasteiger partial charge in [-0.2, -0.15) is 0 Å². The number of carboxylic acid groups (broad SMARTS) is 1. The Hall–Kier alpha value is -1.64. The molecule has 1 aromatic carbocycles. The van der Waals surface area contributed by atoms with Crippen LogP contribution in [-0.4, -0.2) is 79.1 Å². The van der Waals surface area contributed by atoms with Gasteiger partial charge in [0.05, 0.1) is 24.5 Å². The molecule has 1 aromatic rings. The van der Waals surface area contributed by atoms with Gasteiger partial charge in [0.1, 0.15) is 5.75 Å². The van der Waals surface area contributed by atoms with E-state index in [2.05, 4.69) is 4.90 Å². The molecule has 8 heteroatoms. The second-order valence-corrected chi connectivity index (χ2v) is 9.06. The number of fused-ring (bicyclic) bond motifs is 1. The van der Waals surface area contributed by atoms with Crippen LogP contribution in [0.4, 0.5) is 0 Å². The van der Waals surface area contributed by atoms with E-state index in [4.69, 9.17) is 9.84 Å². The zero-order valence-corrected chi connectivity index (χ0v) is 15.8. The molecule has 7 nitrogen and oxygen atoms in total. The van der Waals surface area contributed by atoms with Crippen molar-refractivity contribution in [1.82, 2.24) is 9.80 Å². The van der Waals surface area contributed by atoms with E-state index < -0.39 is 15.8 Å². The number of benzene rings is 1. The highest BCUT2D eigenvalue weighted by Crippen LogP contribution is 2.30. The SMILES string of the molecule is CCOc1ccccc1CN1CCN(CCC(=O)O)[C@@H]2CS(=O)(=O)C[C@@H]21. The molecule has 0 radical (unpaired) electrons. The number of hydrogen-bond acceptors (Lipinski definition) is 6. The lowest BCUT2D eigenvalue weighted by atomic mass is 10.0. The van der Waals surface area contributed by atoms with Crippen LogP contribution in [0.15, 0.2) is 24.3 Å².